The van der Waals surface area contributed by atoms with Crippen LogP contribution in [0.5, 0.6) is 5.75 Å². The Morgan fingerprint density at radius 2 is 1.93 bits per heavy atom. The Morgan fingerprint density at radius 3 is 2.67 bits per heavy atom. The van der Waals surface area contributed by atoms with Crippen LogP contribution in [0.4, 0.5) is 0 Å². The van der Waals surface area contributed by atoms with E-state index >= 15 is 0 Å². The molecule has 1 N–H and O–H groups in total. The standard InChI is InChI=1S/C24H28N2O4/c27-22(25-15-17-5-6-17)13-19-14-24(30-21-4-2-1-3-20(19)21)8-10-26(11-9-24)23(28)18-7-12-29-16-18/h1-4,7,12,16-17,19H,5-6,8-11,13-15H2,(H,25,27)/t19-/m1/s1. The van der Waals surface area contributed by atoms with Gasteiger partial charge in [0.1, 0.15) is 17.6 Å². The van der Waals surface area contributed by atoms with E-state index in [1.165, 1.54) is 25.4 Å². The largest absolute Gasteiger partial charge is 0.487 e. The summed E-state index contributed by atoms with van der Waals surface area (Å²) in [5.74, 6) is 1.85. The highest BCUT2D eigenvalue weighted by molar-refractivity contribution is 5.93. The maximum Gasteiger partial charge on any atom is 0.257 e. The van der Waals surface area contributed by atoms with Crippen molar-refractivity contribution in [1.82, 2.24) is 10.2 Å². The number of carbonyl (C=O) groups excluding carboxylic acids is 2. The number of nitrogens with zero attached hydrogens (tertiary/aromatic N) is 1. The smallest absolute Gasteiger partial charge is 0.257 e. The molecule has 0 radical (unpaired) electrons. The van der Waals surface area contributed by atoms with Gasteiger partial charge in [0.25, 0.3) is 5.91 Å². The molecule has 1 atom stereocenters. The normalized spacial score (nSPS) is 22.3. The number of hydrogen-bond acceptors (Lipinski definition) is 4. The molecule has 158 valence electrons. The van der Waals surface area contributed by atoms with Crippen molar-refractivity contribution in [3.05, 3.63) is 54.0 Å². The summed E-state index contributed by atoms with van der Waals surface area (Å²) in [5.41, 5.74) is 1.40. The summed E-state index contributed by atoms with van der Waals surface area (Å²) in [6.07, 6.45) is 8.33. The van der Waals surface area contributed by atoms with Crippen LogP contribution < -0.4 is 10.1 Å². The van der Waals surface area contributed by atoms with Crippen molar-refractivity contribution in [3.8, 4) is 5.75 Å². The second-order valence-corrected chi connectivity index (χ2v) is 8.98. The lowest BCUT2D eigenvalue weighted by atomic mass is 9.76. The number of hydrogen-bond donors (Lipinski definition) is 1. The van der Waals surface area contributed by atoms with Gasteiger partial charge < -0.3 is 19.4 Å². The summed E-state index contributed by atoms with van der Waals surface area (Å²) in [5, 5.41) is 3.11. The molecule has 1 aromatic heterocycles. The molecule has 6 heteroatoms. The van der Waals surface area contributed by atoms with Gasteiger partial charge >= 0.3 is 0 Å². The predicted molar refractivity (Wildman–Crippen MR) is 111 cm³/mol. The van der Waals surface area contributed by atoms with Crippen LogP contribution in [0.2, 0.25) is 0 Å². The summed E-state index contributed by atoms with van der Waals surface area (Å²) in [6, 6.07) is 9.80. The fourth-order valence-electron chi connectivity index (χ4n) is 4.80. The summed E-state index contributed by atoms with van der Waals surface area (Å²) >= 11 is 0. The maximum absolute atomic E-state index is 12.6. The van der Waals surface area contributed by atoms with Gasteiger partial charge in [0.05, 0.1) is 11.8 Å². The number of nitrogens with one attached hydrogen (secondary N) is 1. The fourth-order valence-corrected chi connectivity index (χ4v) is 4.80. The highest BCUT2D eigenvalue weighted by Gasteiger charge is 2.44. The fraction of sp³-hybridized carbons (Fsp3) is 0.500. The van der Waals surface area contributed by atoms with Crippen LogP contribution in [0.25, 0.3) is 0 Å². The number of ether oxygens (including phenoxy) is 1. The monoisotopic (exact) mass is 408 g/mol. The first-order valence-electron chi connectivity index (χ1n) is 11.0. The number of para-hydroxylation sites is 1. The molecule has 0 unspecified atom stereocenters. The van der Waals surface area contributed by atoms with Crippen molar-refractivity contribution in [3.63, 3.8) is 0 Å². The molecule has 1 spiro atoms. The van der Waals surface area contributed by atoms with Gasteiger partial charge in [0, 0.05) is 44.8 Å². The third-order valence-corrected chi connectivity index (χ3v) is 6.75. The average molecular weight is 408 g/mol. The van der Waals surface area contributed by atoms with Crippen molar-refractivity contribution in [2.75, 3.05) is 19.6 Å². The van der Waals surface area contributed by atoms with Crippen molar-refractivity contribution in [1.29, 1.82) is 0 Å². The van der Waals surface area contributed by atoms with Crippen LogP contribution >= 0.6 is 0 Å². The van der Waals surface area contributed by atoms with E-state index in [1.807, 2.05) is 23.1 Å². The average Bonchev–Trinajstić information content (AvgIpc) is 3.43. The van der Waals surface area contributed by atoms with Crippen molar-refractivity contribution >= 4 is 11.8 Å². The lowest BCUT2D eigenvalue weighted by Crippen LogP contribution is -2.52. The number of rotatable bonds is 5. The van der Waals surface area contributed by atoms with Gasteiger partial charge in [-0.05, 0) is 42.9 Å². The maximum atomic E-state index is 12.6. The second-order valence-electron chi connectivity index (χ2n) is 8.98. The summed E-state index contributed by atoms with van der Waals surface area (Å²) in [4.78, 5) is 27.1. The molecule has 2 aromatic rings. The van der Waals surface area contributed by atoms with E-state index in [9.17, 15) is 9.59 Å². The van der Waals surface area contributed by atoms with E-state index in [4.69, 9.17) is 9.15 Å². The Hall–Kier alpha value is -2.76. The number of likely N-dealkylation sites (tertiary alicyclic amines) is 1. The molecule has 1 aromatic carbocycles. The Bertz CT molecular complexity index is 911. The SMILES string of the molecule is O=C(C[C@@H]1CC2(CCN(C(=O)c3ccoc3)CC2)Oc2ccccc21)NCC1CC1. The molecule has 1 saturated heterocycles. The lowest BCUT2D eigenvalue weighted by molar-refractivity contribution is -0.122. The van der Waals surface area contributed by atoms with Crippen molar-refractivity contribution in [2.24, 2.45) is 5.92 Å². The van der Waals surface area contributed by atoms with Gasteiger partial charge in [-0.1, -0.05) is 18.2 Å². The predicted octanol–water partition coefficient (Wildman–Crippen LogP) is 3.74. The Morgan fingerprint density at radius 1 is 1.13 bits per heavy atom. The number of piperidine rings is 1. The molecular formula is C24H28N2O4. The molecule has 2 fully saturated rings. The molecule has 1 aliphatic carbocycles. The van der Waals surface area contributed by atoms with E-state index < -0.39 is 0 Å². The van der Waals surface area contributed by atoms with Gasteiger partial charge in [0.15, 0.2) is 0 Å². The third kappa shape index (κ3) is 3.95. The minimum absolute atomic E-state index is 0.00538. The topological polar surface area (TPSA) is 71.8 Å². The number of furan rings is 1. The van der Waals surface area contributed by atoms with Gasteiger partial charge in [-0.15, -0.1) is 0 Å². The molecule has 0 bridgehead atoms. The third-order valence-electron chi connectivity index (χ3n) is 6.75. The van der Waals surface area contributed by atoms with Gasteiger partial charge in [-0.3, -0.25) is 9.59 Å². The summed E-state index contributed by atoms with van der Waals surface area (Å²) < 4.78 is 11.6. The van der Waals surface area contributed by atoms with Crippen LogP contribution in [0.1, 0.15) is 60.4 Å². The van der Waals surface area contributed by atoms with Crippen LogP contribution in [0.15, 0.2) is 47.3 Å². The molecule has 3 heterocycles. The summed E-state index contributed by atoms with van der Waals surface area (Å²) in [7, 11) is 0. The molecule has 1 saturated carbocycles. The Labute approximate surface area is 176 Å². The molecule has 5 rings (SSSR count). The number of fused-ring (bicyclic) bond motifs is 1. The highest BCUT2D eigenvalue weighted by Crippen LogP contribution is 2.46. The van der Waals surface area contributed by atoms with E-state index in [2.05, 4.69) is 11.4 Å². The van der Waals surface area contributed by atoms with Gasteiger partial charge in [0.2, 0.25) is 5.91 Å². The first-order chi connectivity index (χ1) is 14.6. The molecule has 2 aliphatic heterocycles. The van der Waals surface area contributed by atoms with Crippen LogP contribution in [-0.2, 0) is 4.79 Å². The molecule has 2 amide bonds. The van der Waals surface area contributed by atoms with Crippen LogP contribution in [0, 0.1) is 5.92 Å². The molecule has 30 heavy (non-hydrogen) atoms. The zero-order valence-electron chi connectivity index (χ0n) is 17.1. The van der Waals surface area contributed by atoms with Crippen molar-refractivity contribution in [2.45, 2.75) is 50.0 Å². The zero-order chi connectivity index (χ0) is 20.6. The molecular weight excluding hydrogens is 380 g/mol. The number of benzene rings is 1. The highest BCUT2D eigenvalue weighted by atomic mass is 16.5. The molecule has 6 nitrogen and oxygen atoms in total. The second kappa shape index (κ2) is 7.82. The first kappa shape index (κ1) is 19.2. The minimum Gasteiger partial charge on any atom is -0.487 e. The Balaban J connectivity index is 1.28. The van der Waals surface area contributed by atoms with E-state index in [1.54, 1.807) is 6.07 Å². The molecule has 3 aliphatic rings. The van der Waals surface area contributed by atoms with Gasteiger partial charge in [-0.25, -0.2) is 0 Å². The van der Waals surface area contributed by atoms with E-state index in [0.717, 1.165) is 37.1 Å². The van der Waals surface area contributed by atoms with Crippen LogP contribution in [-0.4, -0.2) is 41.9 Å². The van der Waals surface area contributed by atoms with E-state index in [-0.39, 0.29) is 23.3 Å². The number of amides is 2. The Kier molecular flexibility index (Phi) is 5.01. The number of carbonyl (C=O) groups is 2. The van der Waals surface area contributed by atoms with Gasteiger partial charge in [-0.2, -0.15) is 0 Å². The minimum atomic E-state index is -0.316. The van der Waals surface area contributed by atoms with Crippen molar-refractivity contribution < 1.29 is 18.7 Å². The van der Waals surface area contributed by atoms with Crippen LogP contribution in [0.3, 0.4) is 0 Å². The first-order valence-corrected chi connectivity index (χ1v) is 11.0. The lowest BCUT2D eigenvalue weighted by Gasteiger charge is -2.46. The zero-order valence-corrected chi connectivity index (χ0v) is 17.1. The quantitative estimate of drug-likeness (QED) is 0.818. The van der Waals surface area contributed by atoms with E-state index in [0.29, 0.717) is 31.0 Å². The summed E-state index contributed by atoms with van der Waals surface area (Å²) in [6.45, 7) is 2.10.